The molecule has 0 amide bonds. The van der Waals surface area contributed by atoms with Crippen molar-refractivity contribution in [2.75, 3.05) is 12.4 Å². The van der Waals surface area contributed by atoms with Gasteiger partial charge in [0.25, 0.3) is 0 Å². The van der Waals surface area contributed by atoms with Crippen LogP contribution in [0.2, 0.25) is 0 Å². The molecule has 0 bridgehead atoms. The number of nitrogens with one attached hydrogen (secondary N) is 1. The van der Waals surface area contributed by atoms with Gasteiger partial charge in [-0.1, -0.05) is 0 Å². The SMILES string of the molecule is CNc1c(F)c(F)c(C#N)c(F)c1C#N. The molecular weight excluding hydrogens is 207 g/mol. The average Bonchev–Trinajstić information content (AvgIpc) is 2.23. The summed E-state index contributed by atoms with van der Waals surface area (Å²) < 4.78 is 39.5. The highest BCUT2D eigenvalue weighted by Crippen LogP contribution is 2.27. The van der Waals surface area contributed by atoms with Gasteiger partial charge in [0, 0.05) is 7.05 Å². The van der Waals surface area contributed by atoms with Crippen molar-refractivity contribution in [1.29, 1.82) is 10.5 Å². The lowest BCUT2D eigenvalue weighted by Gasteiger charge is -2.07. The Bertz CT molecular complexity index is 493. The molecule has 0 unspecified atom stereocenters. The number of nitrogens with zero attached hydrogens (tertiary/aromatic N) is 2. The van der Waals surface area contributed by atoms with Crippen LogP contribution in [0.4, 0.5) is 18.9 Å². The third kappa shape index (κ3) is 1.46. The number of halogens is 3. The van der Waals surface area contributed by atoms with Gasteiger partial charge in [0.1, 0.15) is 23.3 Å². The van der Waals surface area contributed by atoms with E-state index in [0.717, 1.165) is 6.07 Å². The molecule has 0 saturated heterocycles. The van der Waals surface area contributed by atoms with Gasteiger partial charge in [0.2, 0.25) is 0 Å². The minimum Gasteiger partial charge on any atom is -0.384 e. The van der Waals surface area contributed by atoms with Gasteiger partial charge >= 0.3 is 0 Å². The van der Waals surface area contributed by atoms with Crippen LogP contribution in [0.1, 0.15) is 11.1 Å². The van der Waals surface area contributed by atoms with Crippen molar-refractivity contribution in [3.05, 3.63) is 28.6 Å². The lowest BCUT2D eigenvalue weighted by molar-refractivity contribution is 0.493. The van der Waals surface area contributed by atoms with E-state index in [1.165, 1.54) is 13.1 Å². The highest BCUT2D eigenvalue weighted by atomic mass is 19.2. The van der Waals surface area contributed by atoms with E-state index in [-0.39, 0.29) is 0 Å². The Kier molecular flexibility index (Phi) is 2.82. The van der Waals surface area contributed by atoms with E-state index in [4.69, 9.17) is 10.5 Å². The number of nitriles is 2. The first-order valence-electron chi connectivity index (χ1n) is 3.76. The van der Waals surface area contributed by atoms with E-state index < -0.39 is 34.3 Å². The Hall–Kier alpha value is -2.21. The lowest BCUT2D eigenvalue weighted by atomic mass is 10.1. The molecule has 0 heterocycles. The summed E-state index contributed by atoms with van der Waals surface area (Å²) in [7, 11) is 1.21. The van der Waals surface area contributed by atoms with Crippen LogP contribution in [-0.2, 0) is 0 Å². The standard InChI is InChI=1S/C9H4F3N3/c1-15-9-5(3-14)6(10)4(2-13)7(11)8(9)12/h15H,1H3. The Morgan fingerprint density at radius 2 is 1.47 bits per heavy atom. The molecule has 15 heavy (non-hydrogen) atoms. The predicted octanol–water partition coefficient (Wildman–Crippen LogP) is 1.89. The molecule has 76 valence electrons. The van der Waals surface area contributed by atoms with Gasteiger partial charge in [0.15, 0.2) is 17.5 Å². The molecule has 1 rings (SSSR count). The fraction of sp³-hybridized carbons (Fsp3) is 0.111. The summed E-state index contributed by atoms with van der Waals surface area (Å²) in [5.41, 5.74) is -2.40. The molecule has 0 aliphatic carbocycles. The summed E-state index contributed by atoms with van der Waals surface area (Å²) in [6, 6.07) is 2.52. The van der Waals surface area contributed by atoms with E-state index in [0.29, 0.717) is 0 Å². The molecule has 0 spiro atoms. The largest absolute Gasteiger partial charge is 0.384 e. The second kappa shape index (κ2) is 3.89. The summed E-state index contributed by atoms with van der Waals surface area (Å²) in [6.45, 7) is 0. The van der Waals surface area contributed by atoms with Crippen LogP contribution in [0.25, 0.3) is 0 Å². The van der Waals surface area contributed by atoms with Gasteiger partial charge < -0.3 is 5.32 Å². The fourth-order valence-electron chi connectivity index (χ4n) is 1.10. The lowest BCUT2D eigenvalue weighted by Crippen LogP contribution is -2.06. The number of benzene rings is 1. The number of hydrogen-bond donors (Lipinski definition) is 1. The molecule has 6 heteroatoms. The molecule has 0 aliphatic heterocycles. The predicted molar refractivity (Wildman–Crippen MR) is 45.3 cm³/mol. The first kappa shape index (κ1) is 10.9. The Balaban J connectivity index is 3.77. The topological polar surface area (TPSA) is 59.6 Å². The monoisotopic (exact) mass is 211 g/mol. The minimum absolute atomic E-state index is 0.591. The maximum absolute atomic E-state index is 13.3. The van der Waals surface area contributed by atoms with Crippen LogP contribution < -0.4 is 5.32 Å². The molecule has 3 nitrogen and oxygen atoms in total. The van der Waals surface area contributed by atoms with Crippen molar-refractivity contribution in [3.8, 4) is 12.1 Å². The van der Waals surface area contributed by atoms with E-state index >= 15 is 0 Å². The number of anilines is 1. The van der Waals surface area contributed by atoms with Crippen molar-refractivity contribution in [1.82, 2.24) is 0 Å². The first-order chi connectivity index (χ1) is 7.08. The van der Waals surface area contributed by atoms with Gasteiger partial charge in [-0.05, 0) is 0 Å². The third-order valence-corrected chi connectivity index (χ3v) is 1.79. The van der Waals surface area contributed by atoms with Crippen molar-refractivity contribution in [2.45, 2.75) is 0 Å². The zero-order valence-corrected chi connectivity index (χ0v) is 7.53. The van der Waals surface area contributed by atoms with E-state index in [1.54, 1.807) is 0 Å². The third-order valence-electron chi connectivity index (χ3n) is 1.79. The summed E-state index contributed by atoms with van der Waals surface area (Å²) >= 11 is 0. The van der Waals surface area contributed by atoms with Crippen molar-refractivity contribution < 1.29 is 13.2 Å². The molecule has 0 atom stereocenters. The summed E-state index contributed by atoms with van der Waals surface area (Å²) in [5, 5.41) is 19.1. The maximum Gasteiger partial charge on any atom is 0.184 e. The highest BCUT2D eigenvalue weighted by molar-refractivity contribution is 5.62. The van der Waals surface area contributed by atoms with Gasteiger partial charge in [0.05, 0.1) is 5.69 Å². The Morgan fingerprint density at radius 3 is 1.87 bits per heavy atom. The van der Waals surface area contributed by atoms with Crippen molar-refractivity contribution >= 4 is 5.69 Å². The van der Waals surface area contributed by atoms with Gasteiger partial charge in [-0.15, -0.1) is 0 Å². The quantitative estimate of drug-likeness (QED) is 0.721. The average molecular weight is 211 g/mol. The van der Waals surface area contributed by atoms with E-state index in [9.17, 15) is 13.2 Å². The molecule has 1 aromatic carbocycles. The highest BCUT2D eigenvalue weighted by Gasteiger charge is 2.24. The molecular formula is C9H4F3N3. The van der Waals surface area contributed by atoms with Crippen LogP contribution in [0.5, 0.6) is 0 Å². The zero-order chi connectivity index (χ0) is 11.6. The van der Waals surface area contributed by atoms with Crippen LogP contribution >= 0.6 is 0 Å². The number of hydrogen-bond acceptors (Lipinski definition) is 3. The van der Waals surface area contributed by atoms with E-state index in [2.05, 4.69) is 5.32 Å². The normalized spacial score (nSPS) is 9.20. The zero-order valence-electron chi connectivity index (χ0n) is 7.53. The van der Waals surface area contributed by atoms with Crippen molar-refractivity contribution in [2.24, 2.45) is 0 Å². The molecule has 0 radical (unpaired) electrons. The second-order valence-electron chi connectivity index (χ2n) is 2.54. The number of rotatable bonds is 1. The fourth-order valence-corrected chi connectivity index (χ4v) is 1.10. The van der Waals surface area contributed by atoms with Gasteiger partial charge in [-0.2, -0.15) is 10.5 Å². The van der Waals surface area contributed by atoms with Gasteiger partial charge in [-0.3, -0.25) is 0 Å². The summed E-state index contributed by atoms with van der Waals surface area (Å²) in [6.07, 6.45) is 0. The van der Waals surface area contributed by atoms with Crippen LogP contribution in [0.3, 0.4) is 0 Å². The summed E-state index contributed by atoms with van der Waals surface area (Å²) in [4.78, 5) is 0. The molecule has 1 aromatic rings. The summed E-state index contributed by atoms with van der Waals surface area (Å²) in [5.74, 6) is -4.39. The minimum atomic E-state index is -1.60. The molecule has 1 N–H and O–H groups in total. The van der Waals surface area contributed by atoms with Gasteiger partial charge in [-0.25, -0.2) is 13.2 Å². The van der Waals surface area contributed by atoms with Crippen LogP contribution in [0.15, 0.2) is 0 Å². The smallest absolute Gasteiger partial charge is 0.184 e. The maximum atomic E-state index is 13.3. The molecule has 0 fully saturated rings. The Labute approximate surface area is 83.4 Å². The van der Waals surface area contributed by atoms with Crippen LogP contribution in [-0.4, -0.2) is 7.05 Å². The molecule has 0 saturated carbocycles. The first-order valence-corrected chi connectivity index (χ1v) is 3.76. The molecule has 0 aliphatic rings. The van der Waals surface area contributed by atoms with E-state index in [1.807, 2.05) is 0 Å². The second-order valence-corrected chi connectivity index (χ2v) is 2.54. The Morgan fingerprint density at radius 1 is 0.933 bits per heavy atom. The van der Waals surface area contributed by atoms with Crippen LogP contribution in [0, 0.1) is 40.1 Å². The van der Waals surface area contributed by atoms with Crippen molar-refractivity contribution in [3.63, 3.8) is 0 Å². The molecule has 0 aromatic heterocycles.